The summed E-state index contributed by atoms with van der Waals surface area (Å²) in [5.41, 5.74) is 4.77. The molecule has 0 spiro atoms. The molecule has 5 rings (SSSR count). The molecule has 13 heteroatoms. The van der Waals surface area contributed by atoms with E-state index in [9.17, 15) is 33.6 Å². The highest BCUT2D eigenvalue weighted by Gasteiger charge is 2.36. The summed E-state index contributed by atoms with van der Waals surface area (Å²) >= 11 is 0. The van der Waals surface area contributed by atoms with Crippen molar-refractivity contribution in [2.45, 2.75) is 13.1 Å². The van der Waals surface area contributed by atoms with E-state index < -0.39 is 65.3 Å². The number of ketones is 1. The number of amides is 2. The number of methoxy groups -OCH3 is 1. The first-order valence-electron chi connectivity index (χ1n) is 13.1. The van der Waals surface area contributed by atoms with Gasteiger partial charge in [0, 0.05) is 0 Å². The molecule has 0 bridgehead atoms. The molecule has 0 aliphatic carbocycles. The van der Waals surface area contributed by atoms with Crippen molar-refractivity contribution in [2.24, 2.45) is 0 Å². The molecule has 44 heavy (non-hydrogen) atoms. The second-order valence-corrected chi connectivity index (χ2v) is 9.62. The van der Waals surface area contributed by atoms with Crippen molar-refractivity contribution in [3.63, 3.8) is 0 Å². The van der Waals surface area contributed by atoms with Gasteiger partial charge in [0.2, 0.25) is 5.78 Å². The van der Waals surface area contributed by atoms with E-state index in [2.05, 4.69) is 4.74 Å². The van der Waals surface area contributed by atoms with Crippen LogP contribution in [0.25, 0.3) is 0 Å². The molecule has 1 aliphatic heterocycles. The summed E-state index contributed by atoms with van der Waals surface area (Å²) in [6.07, 6.45) is 0. The summed E-state index contributed by atoms with van der Waals surface area (Å²) in [5, 5.41) is 0. The number of imide groups is 1. The van der Waals surface area contributed by atoms with E-state index in [1.165, 1.54) is 24.3 Å². The van der Waals surface area contributed by atoms with Gasteiger partial charge in [-0.05, 0) is 42.0 Å². The van der Waals surface area contributed by atoms with Gasteiger partial charge in [0.05, 0.1) is 36.0 Å². The summed E-state index contributed by atoms with van der Waals surface area (Å²) in [5.74, 6) is -4.33. The maximum Gasteiger partial charge on any atom is 0.338 e. The van der Waals surface area contributed by atoms with Gasteiger partial charge in [-0.3, -0.25) is 28.5 Å². The number of rotatable bonds is 9. The van der Waals surface area contributed by atoms with Gasteiger partial charge >= 0.3 is 17.6 Å². The average molecular weight is 597 g/mol. The van der Waals surface area contributed by atoms with Gasteiger partial charge in [-0.1, -0.05) is 42.5 Å². The fraction of sp³-hybridized carbons (Fsp3) is 0.129. The van der Waals surface area contributed by atoms with E-state index >= 15 is 0 Å². The minimum Gasteiger partial charge on any atom is -0.468 e. The van der Waals surface area contributed by atoms with Crippen LogP contribution in [0.4, 0.5) is 11.5 Å². The number of esters is 2. The molecule has 3 aromatic carbocycles. The monoisotopic (exact) mass is 596 g/mol. The van der Waals surface area contributed by atoms with Crippen molar-refractivity contribution in [1.82, 2.24) is 9.13 Å². The smallest absolute Gasteiger partial charge is 0.338 e. The van der Waals surface area contributed by atoms with Crippen molar-refractivity contribution >= 4 is 41.0 Å². The lowest BCUT2D eigenvalue weighted by Crippen LogP contribution is -2.46. The number of nitrogens with zero attached hydrogens (tertiary/aromatic N) is 3. The van der Waals surface area contributed by atoms with Crippen LogP contribution in [-0.4, -0.2) is 52.4 Å². The van der Waals surface area contributed by atoms with E-state index in [4.69, 9.17) is 10.5 Å². The third-order valence-corrected chi connectivity index (χ3v) is 6.93. The molecule has 1 aromatic heterocycles. The van der Waals surface area contributed by atoms with Crippen LogP contribution in [0.2, 0.25) is 0 Å². The number of hydrogen-bond donors (Lipinski definition) is 1. The van der Waals surface area contributed by atoms with Crippen LogP contribution in [0.3, 0.4) is 0 Å². The normalized spacial score (nSPS) is 12.2. The van der Waals surface area contributed by atoms with Crippen molar-refractivity contribution in [2.75, 3.05) is 24.4 Å². The Morgan fingerprint density at radius 1 is 0.773 bits per heavy atom. The largest absolute Gasteiger partial charge is 0.468 e. The number of ether oxygens (including phenoxy) is 2. The Hall–Kier alpha value is -6.11. The molecular weight excluding hydrogens is 572 g/mol. The molecule has 0 unspecified atom stereocenters. The van der Waals surface area contributed by atoms with Gasteiger partial charge in [0.1, 0.15) is 17.9 Å². The summed E-state index contributed by atoms with van der Waals surface area (Å²) in [6.45, 7) is -1.81. The number of Topliss-reactive ketones (excluding diaryl/α,β-unsaturated/α-hetero) is 1. The molecule has 0 radical (unpaired) electrons. The zero-order valence-corrected chi connectivity index (χ0v) is 23.2. The van der Waals surface area contributed by atoms with Crippen LogP contribution in [0.15, 0.2) is 88.5 Å². The predicted octanol–water partition coefficient (Wildman–Crippen LogP) is 1.65. The maximum atomic E-state index is 13.2. The third kappa shape index (κ3) is 5.41. The lowest BCUT2D eigenvalue weighted by Gasteiger charge is -2.16. The van der Waals surface area contributed by atoms with E-state index in [1.807, 2.05) is 0 Å². The highest BCUT2D eigenvalue weighted by molar-refractivity contribution is 6.34. The Kier molecular flexibility index (Phi) is 8.02. The molecule has 222 valence electrons. The SMILES string of the molecule is COC(=O)Cn1c(=O)c(C(=O)COC(=O)c2ccc(N3C(=O)c4ccccc4C3=O)cc2)c(N)n(Cc2ccccc2)c1=O. The van der Waals surface area contributed by atoms with Gasteiger partial charge in [-0.25, -0.2) is 19.1 Å². The first kappa shape index (κ1) is 29.4. The fourth-order valence-corrected chi connectivity index (χ4v) is 4.69. The standard InChI is InChI=1S/C31H24N4O9/c1-43-24(37)16-34-29(40)25(26(32)33(31(34)42)15-18-7-3-2-4-8-18)23(36)17-44-30(41)19-11-13-20(14-12-19)35-27(38)21-9-5-6-10-22(21)28(35)39/h2-14H,15-17,32H2,1H3. The number of fused-ring (bicyclic) bond motifs is 1. The minimum absolute atomic E-state index is 0.0109. The van der Waals surface area contributed by atoms with Crippen molar-refractivity contribution < 1.29 is 33.4 Å². The van der Waals surface area contributed by atoms with Crippen LogP contribution in [0.5, 0.6) is 0 Å². The molecule has 2 N–H and O–H groups in total. The van der Waals surface area contributed by atoms with Gasteiger partial charge in [0.25, 0.3) is 17.4 Å². The Balaban J connectivity index is 1.36. The van der Waals surface area contributed by atoms with Gasteiger partial charge < -0.3 is 15.2 Å². The van der Waals surface area contributed by atoms with Crippen LogP contribution >= 0.6 is 0 Å². The quantitative estimate of drug-likeness (QED) is 0.170. The molecule has 1 aliphatic rings. The topological polar surface area (TPSA) is 177 Å². The molecule has 0 saturated carbocycles. The Morgan fingerprint density at radius 3 is 1.95 bits per heavy atom. The highest BCUT2D eigenvalue weighted by atomic mass is 16.5. The second kappa shape index (κ2) is 12.0. The van der Waals surface area contributed by atoms with Gasteiger partial charge in [-0.2, -0.15) is 0 Å². The van der Waals surface area contributed by atoms with Crippen molar-refractivity contribution in [1.29, 1.82) is 0 Å². The molecule has 0 saturated heterocycles. The number of nitrogen functional groups attached to an aromatic ring is 1. The van der Waals surface area contributed by atoms with Crippen LogP contribution in [0, 0.1) is 0 Å². The Labute approximate surface area is 248 Å². The Morgan fingerprint density at radius 2 is 1.36 bits per heavy atom. The number of carbonyl (C=O) groups is 5. The zero-order valence-electron chi connectivity index (χ0n) is 23.2. The minimum atomic E-state index is -1.14. The van der Waals surface area contributed by atoms with Gasteiger partial charge in [0.15, 0.2) is 6.61 Å². The van der Waals surface area contributed by atoms with Crippen molar-refractivity contribution in [3.05, 3.63) is 128 Å². The van der Waals surface area contributed by atoms with Crippen molar-refractivity contribution in [3.8, 4) is 0 Å². The number of benzene rings is 3. The summed E-state index contributed by atoms with van der Waals surface area (Å²) in [4.78, 5) is 90.6. The van der Waals surface area contributed by atoms with Crippen LogP contribution in [-0.2, 0) is 27.4 Å². The highest BCUT2D eigenvalue weighted by Crippen LogP contribution is 2.28. The molecule has 13 nitrogen and oxygen atoms in total. The lowest BCUT2D eigenvalue weighted by molar-refractivity contribution is -0.141. The first-order valence-corrected chi connectivity index (χ1v) is 13.1. The fourth-order valence-electron chi connectivity index (χ4n) is 4.69. The average Bonchev–Trinajstić information content (AvgIpc) is 3.29. The number of aromatic nitrogens is 2. The summed E-state index contributed by atoms with van der Waals surface area (Å²) in [7, 11) is 1.07. The molecular formula is C31H24N4O9. The van der Waals surface area contributed by atoms with Gasteiger partial charge in [-0.15, -0.1) is 0 Å². The lowest BCUT2D eigenvalue weighted by atomic mass is 10.1. The second-order valence-electron chi connectivity index (χ2n) is 9.62. The van der Waals surface area contributed by atoms with E-state index in [0.717, 1.165) is 16.6 Å². The Bertz CT molecular complexity index is 1910. The first-order chi connectivity index (χ1) is 21.1. The number of carbonyl (C=O) groups excluding carboxylic acids is 5. The molecule has 2 heterocycles. The van der Waals surface area contributed by atoms with E-state index in [1.54, 1.807) is 54.6 Å². The number of nitrogens with two attached hydrogens (primary N) is 1. The van der Waals surface area contributed by atoms with Crippen LogP contribution in [0.1, 0.15) is 47.0 Å². The summed E-state index contributed by atoms with van der Waals surface area (Å²) in [6, 6.07) is 20.4. The molecule has 4 aromatic rings. The molecule has 0 fully saturated rings. The maximum absolute atomic E-state index is 13.2. The zero-order chi connectivity index (χ0) is 31.5. The molecule has 0 atom stereocenters. The van der Waals surface area contributed by atoms with E-state index in [-0.39, 0.29) is 28.9 Å². The number of anilines is 2. The third-order valence-electron chi connectivity index (χ3n) is 6.93. The summed E-state index contributed by atoms with van der Waals surface area (Å²) < 4.78 is 11.2. The van der Waals surface area contributed by atoms with E-state index in [0.29, 0.717) is 10.1 Å². The molecule has 2 amide bonds. The number of hydrogen-bond acceptors (Lipinski definition) is 10. The van der Waals surface area contributed by atoms with Crippen LogP contribution < -0.4 is 21.9 Å². The predicted molar refractivity (Wildman–Crippen MR) is 156 cm³/mol.